The lowest BCUT2D eigenvalue weighted by atomic mass is 9.98. The van der Waals surface area contributed by atoms with Crippen LogP contribution in [0, 0.1) is 0 Å². The highest BCUT2D eigenvalue weighted by Gasteiger charge is 2.14. The third-order valence-electron chi connectivity index (χ3n) is 3.91. The number of rotatable bonds is 5. The second-order valence-electron chi connectivity index (χ2n) is 5.63. The Morgan fingerprint density at radius 1 is 0.905 bits per heavy atom. The SMILES string of the molecule is c1ccc(CSc2cccc(OC3CCCCC3)c2)cc1. The lowest BCUT2D eigenvalue weighted by molar-refractivity contribution is 0.154. The molecule has 0 aliphatic heterocycles. The number of hydrogen-bond acceptors (Lipinski definition) is 2. The quantitative estimate of drug-likeness (QED) is 0.656. The number of benzene rings is 2. The Hall–Kier alpha value is -1.41. The van der Waals surface area contributed by atoms with Crippen LogP contribution in [-0.4, -0.2) is 6.10 Å². The molecule has 0 saturated heterocycles. The van der Waals surface area contributed by atoms with Crippen molar-refractivity contribution in [3.05, 3.63) is 60.2 Å². The summed E-state index contributed by atoms with van der Waals surface area (Å²) in [7, 11) is 0. The van der Waals surface area contributed by atoms with E-state index in [0.29, 0.717) is 6.10 Å². The van der Waals surface area contributed by atoms with Crippen LogP contribution in [0.3, 0.4) is 0 Å². The zero-order chi connectivity index (χ0) is 14.3. The standard InChI is InChI=1S/C19H22OS/c1-3-8-16(9-4-1)15-21-19-13-7-12-18(14-19)20-17-10-5-2-6-11-17/h1,3-4,7-9,12-14,17H,2,5-6,10-11,15H2. The van der Waals surface area contributed by atoms with Gasteiger partial charge in [-0.3, -0.25) is 0 Å². The van der Waals surface area contributed by atoms with Crippen molar-refractivity contribution >= 4 is 11.8 Å². The minimum Gasteiger partial charge on any atom is -0.490 e. The fourth-order valence-electron chi connectivity index (χ4n) is 2.75. The van der Waals surface area contributed by atoms with E-state index >= 15 is 0 Å². The molecule has 1 aliphatic rings. The molecule has 0 atom stereocenters. The van der Waals surface area contributed by atoms with E-state index in [0.717, 1.165) is 11.5 Å². The first-order chi connectivity index (χ1) is 10.4. The molecule has 0 aromatic heterocycles. The molecule has 0 amide bonds. The molecule has 0 N–H and O–H groups in total. The molecule has 2 aromatic carbocycles. The lowest BCUT2D eigenvalue weighted by Crippen LogP contribution is -2.19. The van der Waals surface area contributed by atoms with Gasteiger partial charge in [-0.05, 0) is 49.4 Å². The van der Waals surface area contributed by atoms with Crippen LogP contribution in [0.4, 0.5) is 0 Å². The molecular formula is C19H22OS. The van der Waals surface area contributed by atoms with Crippen molar-refractivity contribution in [2.24, 2.45) is 0 Å². The molecule has 3 rings (SSSR count). The van der Waals surface area contributed by atoms with E-state index in [1.807, 2.05) is 11.8 Å². The zero-order valence-electron chi connectivity index (χ0n) is 12.3. The highest BCUT2D eigenvalue weighted by Crippen LogP contribution is 2.28. The molecule has 0 heterocycles. The second kappa shape index (κ2) is 7.56. The summed E-state index contributed by atoms with van der Waals surface area (Å²) in [5.74, 6) is 2.04. The smallest absolute Gasteiger partial charge is 0.120 e. The van der Waals surface area contributed by atoms with Gasteiger partial charge >= 0.3 is 0 Å². The number of thioether (sulfide) groups is 1. The van der Waals surface area contributed by atoms with Gasteiger partial charge in [-0.2, -0.15) is 0 Å². The monoisotopic (exact) mass is 298 g/mol. The van der Waals surface area contributed by atoms with Crippen LogP contribution >= 0.6 is 11.8 Å². The molecule has 1 nitrogen and oxygen atoms in total. The van der Waals surface area contributed by atoms with Gasteiger partial charge in [-0.15, -0.1) is 11.8 Å². The van der Waals surface area contributed by atoms with Crippen molar-refractivity contribution in [2.45, 2.75) is 48.9 Å². The predicted octanol–water partition coefficient (Wildman–Crippen LogP) is 5.69. The maximum absolute atomic E-state index is 6.13. The van der Waals surface area contributed by atoms with Crippen molar-refractivity contribution in [1.29, 1.82) is 0 Å². The Balaban J connectivity index is 1.57. The minimum atomic E-state index is 0.424. The fraction of sp³-hybridized carbons (Fsp3) is 0.368. The third kappa shape index (κ3) is 4.53. The summed E-state index contributed by atoms with van der Waals surface area (Å²) in [6, 6.07) is 19.1. The topological polar surface area (TPSA) is 9.23 Å². The Kier molecular flexibility index (Phi) is 5.23. The molecule has 0 radical (unpaired) electrons. The van der Waals surface area contributed by atoms with Crippen LogP contribution in [0.1, 0.15) is 37.7 Å². The number of hydrogen-bond donors (Lipinski definition) is 0. The molecule has 0 unspecified atom stereocenters. The molecule has 21 heavy (non-hydrogen) atoms. The van der Waals surface area contributed by atoms with Gasteiger partial charge in [0.1, 0.15) is 5.75 Å². The van der Waals surface area contributed by atoms with Gasteiger partial charge in [0.25, 0.3) is 0 Å². The van der Waals surface area contributed by atoms with E-state index < -0.39 is 0 Å². The highest BCUT2D eigenvalue weighted by atomic mass is 32.2. The van der Waals surface area contributed by atoms with Crippen molar-refractivity contribution in [2.75, 3.05) is 0 Å². The molecule has 2 heteroatoms. The second-order valence-corrected chi connectivity index (χ2v) is 6.68. The van der Waals surface area contributed by atoms with Crippen LogP contribution in [0.2, 0.25) is 0 Å². The molecule has 1 saturated carbocycles. The first kappa shape index (κ1) is 14.5. The highest BCUT2D eigenvalue weighted by molar-refractivity contribution is 7.98. The van der Waals surface area contributed by atoms with E-state index in [4.69, 9.17) is 4.74 Å². The minimum absolute atomic E-state index is 0.424. The average molecular weight is 298 g/mol. The van der Waals surface area contributed by atoms with Crippen molar-refractivity contribution in [3.8, 4) is 5.75 Å². The molecular weight excluding hydrogens is 276 g/mol. The molecule has 110 valence electrons. The van der Waals surface area contributed by atoms with Crippen LogP contribution in [0.15, 0.2) is 59.5 Å². The molecule has 0 bridgehead atoms. The van der Waals surface area contributed by atoms with Crippen LogP contribution < -0.4 is 4.74 Å². The summed E-state index contributed by atoms with van der Waals surface area (Å²) in [5.41, 5.74) is 1.36. The lowest BCUT2D eigenvalue weighted by Gasteiger charge is -2.23. The normalized spacial score (nSPS) is 15.8. The Labute approximate surface area is 131 Å². The van der Waals surface area contributed by atoms with Crippen molar-refractivity contribution in [1.82, 2.24) is 0 Å². The van der Waals surface area contributed by atoms with Gasteiger partial charge in [0.2, 0.25) is 0 Å². The van der Waals surface area contributed by atoms with Gasteiger partial charge in [-0.25, -0.2) is 0 Å². The van der Waals surface area contributed by atoms with Gasteiger partial charge in [0.15, 0.2) is 0 Å². The Bertz CT molecular complexity index is 547. The third-order valence-corrected chi connectivity index (χ3v) is 4.97. The first-order valence-corrected chi connectivity index (χ1v) is 8.82. The van der Waals surface area contributed by atoms with E-state index in [1.165, 1.54) is 42.6 Å². The van der Waals surface area contributed by atoms with Gasteiger partial charge in [0, 0.05) is 10.6 Å². The fourth-order valence-corrected chi connectivity index (χ4v) is 3.65. The van der Waals surface area contributed by atoms with E-state index in [1.54, 1.807) is 0 Å². The van der Waals surface area contributed by atoms with Crippen LogP contribution in [-0.2, 0) is 5.75 Å². The Morgan fingerprint density at radius 3 is 2.52 bits per heavy atom. The van der Waals surface area contributed by atoms with Crippen molar-refractivity contribution < 1.29 is 4.74 Å². The molecule has 1 aliphatic carbocycles. The molecule has 1 fully saturated rings. The summed E-state index contributed by atoms with van der Waals surface area (Å²) in [5, 5.41) is 0. The van der Waals surface area contributed by atoms with Crippen molar-refractivity contribution in [3.63, 3.8) is 0 Å². The summed E-state index contributed by atoms with van der Waals surface area (Å²) < 4.78 is 6.13. The summed E-state index contributed by atoms with van der Waals surface area (Å²) >= 11 is 1.87. The van der Waals surface area contributed by atoms with E-state index in [9.17, 15) is 0 Å². The van der Waals surface area contributed by atoms with E-state index in [-0.39, 0.29) is 0 Å². The van der Waals surface area contributed by atoms with Crippen LogP contribution in [0.25, 0.3) is 0 Å². The van der Waals surface area contributed by atoms with Gasteiger partial charge < -0.3 is 4.74 Å². The maximum Gasteiger partial charge on any atom is 0.120 e. The first-order valence-electron chi connectivity index (χ1n) is 7.83. The Morgan fingerprint density at radius 2 is 1.71 bits per heavy atom. The zero-order valence-corrected chi connectivity index (χ0v) is 13.1. The van der Waals surface area contributed by atoms with Crippen LogP contribution in [0.5, 0.6) is 5.75 Å². The van der Waals surface area contributed by atoms with E-state index in [2.05, 4.69) is 54.6 Å². The molecule has 0 spiro atoms. The maximum atomic E-state index is 6.13. The predicted molar refractivity (Wildman–Crippen MR) is 89.9 cm³/mol. The van der Waals surface area contributed by atoms with Gasteiger partial charge in [-0.1, -0.05) is 42.8 Å². The van der Waals surface area contributed by atoms with Gasteiger partial charge in [0.05, 0.1) is 6.10 Å². The summed E-state index contributed by atoms with van der Waals surface area (Å²) in [6.45, 7) is 0. The molecule has 2 aromatic rings. The summed E-state index contributed by atoms with van der Waals surface area (Å²) in [6.07, 6.45) is 6.84. The summed E-state index contributed by atoms with van der Waals surface area (Å²) in [4.78, 5) is 1.28. The average Bonchev–Trinajstić information content (AvgIpc) is 2.55. The number of ether oxygens (including phenoxy) is 1. The largest absolute Gasteiger partial charge is 0.490 e.